The number of benzene rings is 3. The third-order valence-corrected chi connectivity index (χ3v) is 6.00. The van der Waals surface area contributed by atoms with Crippen molar-refractivity contribution >= 4 is 10.9 Å². The van der Waals surface area contributed by atoms with Crippen molar-refractivity contribution in [1.29, 1.82) is 0 Å². The van der Waals surface area contributed by atoms with Crippen LogP contribution in [0.2, 0.25) is 0 Å². The van der Waals surface area contributed by atoms with Gasteiger partial charge in [0.05, 0.1) is 10.9 Å². The van der Waals surface area contributed by atoms with Crippen LogP contribution in [-0.2, 0) is 10.9 Å². The monoisotopic (exact) mass is 432 g/mol. The fourth-order valence-electron chi connectivity index (χ4n) is 2.43. The van der Waals surface area contributed by atoms with Crippen molar-refractivity contribution in [3.63, 3.8) is 0 Å². The minimum absolute atomic E-state index is 0. The fourth-order valence-corrected chi connectivity index (χ4v) is 4.47. The normalized spacial score (nSPS) is 10.4. The number of rotatable bonds is 3. The zero-order valence-electron chi connectivity index (χ0n) is 13.7. The number of hydrogen-bond acceptors (Lipinski definition) is 0. The van der Waals surface area contributed by atoms with Crippen LogP contribution in [0.15, 0.2) is 87.5 Å². The third kappa shape index (κ3) is 4.39. The Labute approximate surface area is 159 Å². The van der Waals surface area contributed by atoms with Gasteiger partial charge in [-0.15, -0.1) is 0 Å². The van der Waals surface area contributed by atoms with Gasteiger partial charge in [-0.1, -0.05) is 53.1 Å². The molecule has 0 N–H and O–H groups in total. The van der Waals surface area contributed by atoms with Crippen LogP contribution < -0.4 is 24.0 Å². The van der Waals surface area contributed by atoms with E-state index in [0.29, 0.717) is 0 Å². The van der Waals surface area contributed by atoms with Crippen LogP contribution in [-0.4, -0.2) is 0 Å². The maximum atomic E-state index is 2.26. The highest BCUT2D eigenvalue weighted by Gasteiger charge is 2.28. The molecule has 2 heteroatoms. The van der Waals surface area contributed by atoms with E-state index in [-0.39, 0.29) is 34.9 Å². The molecule has 0 bridgehead atoms. The Morgan fingerprint density at radius 2 is 0.652 bits per heavy atom. The van der Waals surface area contributed by atoms with Gasteiger partial charge in [-0.3, -0.25) is 0 Å². The SMILES string of the molecule is Cc1ccc([S+](c2ccc(C)cc2)c2ccc(C)cc2)cc1.[I-]. The summed E-state index contributed by atoms with van der Waals surface area (Å²) in [7, 11) is -0.0394. The highest BCUT2D eigenvalue weighted by atomic mass is 127. The summed E-state index contributed by atoms with van der Waals surface area (Å²) < 4.78 is 0. The van der Waals surface area contributed by atoms with E-state index in [9.17, 15) is 0 Å². The van der Waals surface area contributed by atoms with Gasteiger partial charge in [-0.05, 0) is 57.2 Å². The molecule has 0 saturated heterocycles. The molecule has 0 aliphatic heterocycles. The molecule has 23 heavy (non-hydrogen) atoms. The molecule has 0 aliphatic rings. The van der Waals surface area contributed by atoms with Gasteiger partial charge in [0.25, 0.3) is 0 Å². The topological polar surface area (TPSA) is 0 Å². The highest BCUT2D eigenvalue weighted by Crippen LogP contribution is 2.31. The second-order valence-corrected chi connectivity index (χ2v) is 7.77. The van der Waals surface area contributed by atoms with Crippen molar-refractivity contribution in [3.05, 3.63) is 89.5 Å². The largest absolute Gasteiger partial charge is 1.00 e. The number of aryl methyl sites for hydroxylation is 3. The molecule has 0 radical (unpaired) electrons. The van der Waals surface area contributed by atoms with E-state index in [0.717, 1.165) is 0 Å². The van der Waals surface area contributed by atoms with E-state index >= 15 is 0 Å². The standard InChI is InChI=1S/C21H21S.HI/c1-16-4-10-19(11-5-16)22(20-12-6-17(2)7-13-20)21-14-8-18(3)9-15-21;/h4-15H,1-3H3;1H/q+1;/p-1. The fraction of sp³-hybridized carbons (Fsp3) is 0.143. The summed E-state index contributed by atoms with van der Waals surface area (Å²) in [4.78, 5) is 4.12. The molecule has 0 aliphatic carbocycles. The van der Waals surface area contributed by atoms with Gasteiger partial charge >= 0.3 is 0 Å². The van der Waals surface area contributed by atoms with Crippen LogP contribution in [0, 0.1) is 20.8 Å². The van der Waals surface area contributed by atoms with Crippen LogP contribution in [0.1, 0.15) is 16.7 Å². The van der Waals surface area contributed by atoms with Crippen molar-refractivity contribution < 1.29 is 24.0 Å². The Bertz CT molecular complexity index is 635. The molecule has 0 saturated carbocycles. The molecule has 3 aromatic rings. The zero-order valence-corrected chi connectivity index (χ0v) is 16.7. The second-order valence-electron chi connectivity index (χ2n) is 5.75. The molecular formula is C21H21IS. The second kappa shape index (κ2) is 8.02. The first kappa shape index (κ1) is 18.1. The maximum Gasteiger partial charge on any atom is 0.166 e. The van der Waals surface area contributed by atoms with E-state index < -0.39 is 0 Å². The Balaban J connectivity index is 0.00000192. The van der Waals surface area contributed by atoms with Gasteiger partial charge < -0.3 is 24.0 Å². The van der Waals surface area contributed by atoms with Crippen LogP contribution in [0.4, 0.5) is 0 Å². The average Bonchev–Trinajstić information content (AvgIpc) is 2.53. The molecular weight excluding hydrogens is 411 g/mol. The van der Waals surface area contributed by atoms with Gasteiger partial charge in [0.15, 0.2) is 14.7 Å². The minimum atomic E-state index is -0.0394. The molecule has 0 aromatic heterocycles. The summed E-state index contributed by atoms with van der Waals surface area (Å²) >= 11 is 0. The van der Waals surface area contributed by atoms with E-state index in [1.54, 1.807) is 0 Å². The van der Waals surface area contributed by atoms with Gasteiger partial charge in [-0.2, -0.15) is 0 Å². The van der Waals surface area contributed by atoms with Crippen LogP contribution >= 0.6 is 0 Å². The molecule has 0 fully saturated rings. The van der Waals surface area contributed by atoms with Crippen LogP contribution in [0.3, 0.4) is 0 Å². The Morgan fingerprint density at radius 1 is 0.435 bits per heavy atom. The lowest BCUT2D eigenvalue weighted by atomic mass is 10.2. The van der Waals surface area contributed by atoms with Crippen molar-refractivity contribution in [2.45, 2.75) is 35.5 Å². The summed E-state index contributed by atoms with van der Waals surface area (Å²) in [5.41, 5.74) is 3.92. The summed E-state index contributed by atoms with van der Waals surface area (Å²) in [6, 6.07) is 26.8. The van der Waals surface area contributed by atoms with Gasteiger partial charge in [0, 0.05) is 0 Å². The lowest BCUT2D eigenvalue weighted by Crippen LogP contribution is -3.00. The molecule has 0 spiro atoms. The van der Waals surface area contributed by atoms with E-state index in [1.165, 1.54) is 31.4 Å². The molecule has 0 amide bonds. The smallest absolute Gasteiger partial charge is 0.166 e. The lowest BCUT2D eigenvalue weighted by molar-refractivity contribution is -0.00000461. The van der Waals surface area contributed by atoms with Gasteiger partial charge in [0.1, 0.15) is 0 Å². The van der Waals surface area contributed by atoms with E-state index in [1.807, 2.05) is 0 Å². The molecule has 3 rings (SSSR count). The van der Waals surface area contributed by atoms with E-state index in [4.69, 9.17) is 0 Å². The quantitative estimate of drug-likeness (QED) is 0.441. The predicted octanol–water partition coefficient (Wildman–Crippen LogP) is 2.71. The molecule has 0 nitrogen and oxygen atoms in total. The first-order valence-corrected chi connectivity index (χ1v) is 8.80. The van der Waals surface area contributed by atoms with Crippen molar-refractivity contribution in [2.75, 3.05) is 0 Å². The van der Waals surface area contributed by atoms with Gasteiger partial charge in [-0.25, -0.2) is 0 Å². The Kier molecular flexibility index (Phi) is 6.31. The molecule has 0 unspecified atom stereocenters. The Morgan fingerprint density at radius 3 is 0.870 bits per heavy atom. The van der Waals surface area contributed by atoms with Crippen molar-refractivity contribution in [1.82, 2.24) is 0 Å². The summed E-state index contributed by atoms with van der Waals surface area (Å²) in [5.74, 6) is 0. The highest BCUT2D eigenvalue weighted by molar-refractivity contribution is 7.97. The predicted molar refractivity (Wildman–Crippen MR) is 95.7 cm³/mol. The first-order chi connectivity index (χ1) is 10.6. The Hall–Kier alpha value is -1.26. The van der Waals surface area contributed by atoms with Crippen molar-refractivity contribution in [3.8, 4) is 0 Å². The molecule has 0 heterocycles. The van der Waals surface area contributed by atoms with Crippen LogP contribution in [0.25, 0.3) is 0 Å². The molecule has 0 atom stereocenters. The molecule has 3 aromatic carbocycles. The number of hydrogen-bond donors (Lipinski definition) is 0. The summed E-state index contributed by atoms with van der Waals surface area (Å²) in [6.45, 7) is 6.42. The summed E-state index contributed by atoms with van der Waals surface area (Å²) in [6.07, 6.45) is 0. The zero-order chi connectivity index (χ0) is 15.5. The maximum absolute atomic E-state index is 2.26. The lowest BCUT2D eigenvalue weighted by Gasteiger charge is -2.09. The van der Waals surface area contributed by atoms with Gasteiger partial charge in [0.2, 0.25) is 0 Å². The average molecular weight is 432 g/mol. The first-order valence-electron chi connectivity index (χ1n) is 7.58. The summed E-state index contributed by atoms with van der Waals surface area (Å²) in [5, 5.41) is 0. The third-order valence-electron chi connectivity index (χ3n) is 3.77. The number of halogens is 1. The van der Waals surface area contributed by atoms with E-state index in [2.05, 4.69) is 93.6 Å². The molecule has 118 valence electrons. The van der Waals surface area contributed by atoms with Crippen LogP contribution in [0.5, 0.6) is 0 Å². The van der Waals surface area contributed by atoms with Crippen molar-refractivity contribution in [2.24, 2.45) is 0 Å². The minimum Gasteiger partial charge on any atom is -1.00 e.